The summed E-state index contributed by atoms with van der Waals surface area (Å²) >= 11 is 0. The summed E-state index contributed by atoms with van der Waals surface area (Å²) in [6.45, 7) is 0.626. The Morgan fingerprint density at radius 1 is 1.56 bits per heavy atom. The number of hydrogen-bond donors (Lipinski definition) is 3. The number of nitrogens with one attached hydrogen (secondary N) is 2. The van der Waals surface area contributed by atoms with Crippen LogP contribution in [0.15, 0.2) is 6.33 Å². The first-order valence-electron chi connectivity index (χ1n) is 5.67. The molecule has 1 saturated carbocycles. The molecule has 2 rings (SSSR count). The largest absolute Gasteiger partial charge is 0.346 e. The van der Waals surface area contributed by atoms with E-state index in [0.29, 0.717) is 12.5 Å². The summed E-state index contributed by atoms with van der Waals surface area (Å²) in [5.74, 6) is 0.463. The first-order valence-corrected chi connectivity index (χ1v) is 5.67. The molecule has 88 valence electrons. The molecule has 4 N–H and O–H groups in total. The van der Waals surface area contributed by atoms with E-state index in [1.807, 2.05) is 0 Å². The highest BCUT2D eigenvalue weighted by Crippen LogP contribution is 2.23. The zero-order valence-electron chi connectivity index (χ0n) is 9.15. The average molecular weight is 223 g/mol. The predicted molar refractivity (Wildman–Crippen MR) is 58.6 cm³/mol. The molecule has 16 heavy (non-hydrogen) atoms. The molecule has 0 aromatic carbocycles. The quantitative estimate of drug-likeness (QED) is 0.674. The van der Waals surface area contributed by atoms with Crippen molar-refractivity contribution in [3.8, 4) is 0 Å². The van der Waals surface area contributed by atoms with Gasteiger partial charge in [-0.25, -0.2) is 4.98 Å². The SMILES string of the molecule is NCC1CCCCC1NC(=O)c1ncn[nH]1. The molecule has 0 bridgehead atoms. The topological polar surface area (TPSA) is 96.7 Å². The van der Waals surface area contributed by atoms with Crippen LogP contribution in [0.25, 0.3) is 0 Å². The lowest BCUT2D eigenvalue weighted by Crippen LogP contribution is -2.45. The van der Waals surface area contributed by atoms with Gasteiger partial charge >= 0.3 is 0 Å². The molecule has 6 heteroatoms. The van der Waals surface area contributed by atoms with Gasteiger partial charge in [-0.15, -0.1) is 0 Å². The fourth-order valence-electron chi connectivity index (χ4n) is 2.23. The second-order valence-electron chi connectivity index (χ2n) is 4.19. The summed E-state index contributed by atoms with van der Waals surface area (Å²) < 4.78 is 0. The van der Waals surface area contributed by atoms with Gasteiger partial charge in [-0.1, -0.05) is 12.8 Å². The molecule has 1 aliphatic carbocycles. The molecule has 0 aliphatic heterocycles. The Kier molecular flexibility index (Phi) is 3.51. The number of nitrogens with two attached hydrogens (primary N) is 1. The fourth-order valence-corrected chi connectivity index (χ4v) is 2.23. The number of H-pyrrole nitrogens is 1. The Hall–Kier alpha value is -1.43. The molecule has 1 heterocycles. The smallest absolute Gasteiger partial charge is 0.288 e. The number of amides is 1. The molecular formula is C10H17N5O. The summed E-state index contributed by atoms with van der Waals surface area (Å²) in [5, 5.41) is 9.18. The van der Waals surface area contributed by atoms with Crippen molar-refractivity contribution in [1.29, 1.82) is 0 Å². The van der Waals surface area contributed by atoms with Crippen molar-refractivity contribution in [2.24, 2.45) is 11.7 Å². The van der Waals surface area contributed by atoms with Crippen LogP contribution in [-0.2, 0) is 0 Å². The number of aromatic amines is 1. The maximum absolute atomic E-state index is 11.7. The number of carbonyl (C=O) groups excluding carboxylic acids is 1. The van der Waals surface area contributed by atoms with Crippen LogP contribution in [0.4, 0.5) is 0 Å². The lowest BCUT2D eigenvalue weighted by atomic mass is 9.84. The lowest BCUT2D eigenvalue weighted by molar-refractivity contribution is 0.0898. The Bertz CT molecular complexity index is 337. The van der Waals surface area contributed by atoms with Gasteiger partial charge in [0.25, 0.3) is 5.91 Å². The van der Waals surface area contributed by atoms with Crippen LogP contribution in [0.2, 0.25) is 0 Å². The van der Waals surface area contributed by atoms with Gasteiger partial charge in [0, 0.05) is 6.04 Å². The summed E-state index contributed by atoms with van der Waals surface area (Å²) in [5.41, 5.74) is 5.70. The van der Waals surface area contributed by atoms with E-state index in [4.69, 9.17) is 5.73 Å². The van der Waals surface area contributed by atoms with Crippen molar-refractivity contribution in [2.75, 3.05) is 6.54 Å². The van der Waals surface area contributed by atoms with E-state index in [1.54, 1.807) is 0 Å². The van der Waals surface area contributed by atoms with E-state index >= 15 is 0 Å². The van der Waals surface area contributed by atoms with Gasteiger partial charge in [-0.05, 0) is 25.3 Å². The third-order valence-corrected chi connectivity index (χ3v) is 3.16. The second kappa shape index (κ2) is 5.07. The number of hydrogen-bond acceptors (Lipinski definition) is 4. The Balaban J connectivity index is 1.95. The first kappa shape index (κ1) is 11.1. The van der Waals surface area contributed by atoms with Gasteiger partial charge in [-0.2, -0.15) is 5.10 Å². The minimum absolute atomic E-state index is 0.177. The van der Waals surface area contributed by atoms with Crippen molar-refractivity contribution < 1.29 is 4.79 Å². The van der Waals surface area contributed by atoms with E-state index in [1.165, 1.54) is 12.7 Å². The normalized spacial score (nSPS) is 25.3. The molecule has 0 radical (unpaired) electrons. The monoisotopic (exact) mass is 223 g/mol. The van der Waals surface area contributed by atoms with Crippen molar-refractivity contribution in [3.05, 3.63) is 12.2 Å². The Morgan fingerprint density at radius 3 is 3.06 bits per heavy atom. The Labute approximate surface area is 94.0 Å². The van der Waals surface area contributed by atoms with Crippen LogP contribution >= 0.6 is 0 Å². The van der Waals surface area contributed by atoms with Crippen molar-refractivity contribution in [1.82, 2.24) is 20.5 Å². The van der Waals surface area contributed by atoms with Crippen LogP contribution in [0, 0.1) is 5.92 Å². The highest BCUT2D eigenvalue weighted by molar-refractivity contribution is 5.90. The highest BCUT2D eigenvalue weighted by atomic mass is 16.2. The molecule has 6 nitrogen and oxygen atoms in total. The van der Waals surface area contributed by atoms with E-state index in [2.05, 4.69) is 20.5 Å². The first-order chi connectivity index (χ1) is 7.81. The van der Waals surface area contributed by atoms with Crippen LogP contribution in [0.3, 0.4) is 0 Å². The van der Waals surface area contributed by atoms with Crippen LogP contribution in [0.5, 0.6) is 0 Å². The summed E-state index contributed by atoms with van der Waals surface area (Å²) in [4.78, 5) is 15.6. The van der Waals surface area contributed by atoms with Gasteiger partial charge in [0.15, 0.2) is 0 Å². The van der Waals surface area contributed by atoms with Gasteiger partial charge in [0.2, 0.25) is 5.82 Å². The van der Waals surface area contributed by atoms with E-state index in [0.717, 1.165) is 19.3 Å². The number of nitrogens with zero attached hydrogens (tertiary/aromatic N) is 2. The summed E-state index contributed by atoms with van der Waals surface area (Å²) in [6, 6.07) is 0.177. The summed E-state index contributed by atoms with van der Waals surface area (Å²) in [7, 11) is 0. The number of aromatic nitrogens is 3. The van der Waals surface area contributed by atoms with Crippen molar-refractivity contribution in [3.63, 3.8) is 0 Å². The highest BCUT2D eigenvalue weighted by Gasteiger charge is 2.26. The minimum atomic E-state index is -0.192. The maximum Gasteiger partial charge on any atom is 0.288 e. The zero-order chi connectivity index (χ0) is 11.4. The van der Waals surface area contributed by atoms with Gasteiger partial charge in [-0.3, -0.25) is 9.89 Å². The molecular weight excluding hydrogens is 206 g/mol. The molecule has 1 aliphatic rings. The second-order valence-corrected chi connectivity index (χ2v) is 4.19. The van der Waals surface area contributed by atoms with Crippen molar-refractivity contribution >= 4 is 5.91 Å². The summed E-state index contributed by atoms with van der Waals surface area (Å²) in [6.07, 6.45) is 5.78. The van der Waals surface area contributed by atoms with E-state index in [-0.39, 0.29) is 17.8 Å². The maximum atomic E-state index is 11.7. The molecule has 0 saturated heterocycles. The van der Waals surface area contributed by atoms with Crippen LogP contribution in [-0.4, -0.2) is 33.7 Å². The lowest BCUT2D eigenvalue weighted by Gasteiger charge is -2.30. The third kappa shape index (κ3) is 2.38. The molecule has 1 fully saturated rings. The molecule has 1 amide bonds. The van der Waals surface area contributed by atoms with Crippen LogP contribution in [0.1, 0.15) is 36.3 Å². The standard InChI is InChI=1S/C10H17N5O/c11-5-7-3-1-2-4-8(7)14-10(16)9-12-6-13-15-9/h6-8H,1-5,11H2,(H,14,16)(H,12,13,15). The van der Waals surface area contributed by atoms with Crippen LogP contribution < -0.4 is 11.1 Å². The minimum Gasteiger partial charge on any atom is -0.346 e. The third-order valence-electron chi connectivity index (χ3n) is 3.16. The number of carbonyl (C=O) groups is 1. The van der Waals surface area contributed by atoms with E-state index < -0.39 is 0 Å². The molecule has 2 atom stereocenters. The number of rotatable bonds is 3. The van der Waals surface area contributed by atoms with Gasteiger partial charge in [0.05, 0.1) is 0 Å². The van der Waals surface area contributed by atoms with Crippen molar-refractivity contribution in [2.45, 2.75) is 31.7 Å². The van der Waals surface area contributed by atoms with E-state index in [9.17, 15) is 4.79 Å². The molecule has 1 aromatic rings. The zero-order valence-corrected chi connectivity index (χ0v) is 9.15. The molecule has 0 spiro atoms. The molecule has 2 unspecified atom stereocenters. The molecule has 1 aromatic heterocycles. The predicted octanol–water partition coefficient (Wildman–Crippen LogP) is 0.0520. The fraction of sp³-hybridized carbons (Fsp3) is 0.700. The van der Waals surface area contributed by atoms with Gasteiger partial charge < -0.3 is 11.1 Å². The average Bonchev–Trinajstić information content (AvgIpc) is 2.83. The Morgan fingerprint density at radius 2 is 2.38 bits per heavy atom. The van der Waals surface area contributed by atoms with Gasteiger partial charge in [0.1, 0.15) is 6.33 Å².